The number of rotatable bonds is 5. The van der Waals surface area contributed by atoms with Gasteiger partial charge in [0.1, 0.15) is 5.78 Å². The smallest absolute Gasteiger partial charge is 0.146 e. The number of carbonyl (C=O) groups is 1. The van der Waals surface area contributed by atoms with Crippen LogP contribution in [-0.2, 0) is 4.79 Å². The Balaban J connectivity index is -0.000000266. The monoisotopic (exact) mass is 203 g/mol. The molecule has 0 aliphatic rings. The Kier molecular flexibility index (Phi) is 25.3. The number of ketones is 1. The van der Waals surface area contributed by atoms with Gasteiger partial charge in [-0.3, -0.25) is 4.79 Å². The van der Waals surface area contributed by atoms with Crippen molar-refractivity contribution in [2.24, 2.45) is 0 Å². The van der Waals surface area contributed by atoms with Crippen molar-refractivity contribution >= 4 is 5.78 Å². The van der Waals surface area contributed by atoms with Gasteiger partial charge in [-0.15, -0.1) is 0 Å². The first kappa shape index (κ1) is 19.2. The van der Waals surface area contributed by atoms with Crippen molar-refractivity contribution < 1.29 is 4.79 Å². The van der Waals surface area contributed by atoms with Crippen LogP contribution in [0.5, 0.6) is 0 Å². The lowest BCUT2D eigenvalue weighted by Crippen LogP contribution is -2.31. The molecule has 0 aromatic carbocycles. The molecule has 2 heteroatoms. The van der Waals surface area contributed by atoms with Gasteiger partial charge in [0.05, 0.1) is 6.04 Å². The van der Waals surface area contributed by atoms with Gasteiger partial charge in [0.15, 0.2) is 0 Å². The molecular weight excluding hydrogens is 174 g/mol. The van der Waals surface area contributed by atoms with Gasteiger partial charge < -0.3 is 5.32 Å². The highest BCUT2D eigenvalue weighted by Gasteiger charge is 2.08. The van der Waals surface area contributed by atoms with Crippen LogP contribution < -0.4 is 5.32 Å². The number of hydrogen-bond donors (Lipinski definition) is 1. The molecule has 0 spiro atoms. The van der Waals surface area contributed by atoms with Gasteiger partial charge >= 0.3 is 0 Å². The van der Waals surface area contributed by atoms with Crippen molar-refractivity contribution in [1.29, 1.82) is 0 Å². The van der Waals surface area contributed by atoms with Crippen molar-refractivity contribution in [3.63, 3.8) is 0 Å². The predicted molar refractivity (Wildman–Crippen MR) is 65.7 cm³/mol. The number of carbonyl (C=O) groups excluding carboxylic acids is 1. The zero-order valence-corrected chi connectivity index (χ0v) is 11.1. The largest absolute Gasteiger partial charge is 0.311 e. The summed E-state index contributed by atoms with van der Waals surface area (Å²) in [6.07, 6.45) is 3.26. The number of nitrogens with one attached hydrogen (secondary N) is 1. The molecule has 88 valence electrons. The molecule has 1 atom stereocenters. The van der Waals surface area contributed by atoms with Crippen molar-refractivity contribution in [1.82, 2.24) is 5.32 Å². The van der Waals surface area contributed by atoms with Gasteiger partial charge in [0.2, 0.25) is 0 Å². The molecule has 14 heavy (non-hydrogen) atoms. The SMILES string of the molecule is CC.CC.CCCC[C@H](NC)C(C)=O. The summed E-state index contributed by atoms with van der Waals surface area (Å²) in [5.41, 5.74) is 0. The Bertz CT molecular complexity index is 102. The summed E-state index contributed by atoms with van der Waals surface area (Å²) in [4.78, 5) is 10.8. The van der Waals surface area contributed by atoms with Gasteiger partial charge in [-0.1, -0.05) is 47.5 Å². The minimum Gasteiger partial charge on any atom is -0.311 e. The Morgan fingerprint density at radius 2 is 1.64 bits per heavy atom. The Labute approximate surface area is 90.5 Å². The first-order chi connectivity index (χ1) is 6.72. The van der Waals surface area contributed by atoms with Crippen LogP contribution in [0.2, 0.25) is 0 Å². The summed E-state index contributed by atoms with van der Waals surface area (Å²) < 4.78 is 0. The lowest BCUT2D eigenvalue weighted by Gasteiger charge is -2.10. The van der Waals surface area contributed by atoms with E-state index >= 15 is 0 Å². The van der Waals surface area contributed by atoms with E-state index in [0.29, 0.717) is 0 Å². The average Bonchev–Trinajstić information content (AvgIpc) is 2.24. The first-order valence-electron chi connectivity index (χ1n) is 5.90. The third kappa shape index (κ3) is 14.2. The molecule has 0 fully saturated rings. The summed E-state index contributed by atoms with van der Waals surface area (Å²) in [6, 6.07) is 0.0833. The van der Waals surface area contributed by atoms with Gasteiger partial charge in [0.25, 0.3) is 0 Å². The third-order valence-corrected chi connectivity index (χ3v) is 1.69. The molecule has 0 aromatic heterocycles. The second kappa shape index (κ2) is 18.4. The second-order valence-corrected chi connectivity index (χ2v) is 2.59. The molecule has 2 nitrogen and oxygen atoms in total. The fourth-order valence-corrected chi connectivity index (χ4v) is 0.959. The molecule has 0 bridgehead atoms. The molecule has 0 rings (SSSR count). The highest BCUT2D eigenvalue weighted by atomic mass is 16.1. The van der Waals surface area contributed by atoms with Crippen LogP contribution in [0.1, 0.15) is 60.8 Å². The van der Waals surface area contributed by atoms with Gasteiger partial charge in [-0.25, -0.2) is 0 Å². The fraction of sp³-hybridized carbons (Fsp3) is 0.917. The zero-order valence-electron chi connectivity index (χ0n) is 11.1. The molecule has 0 saturated heterocycles. The van der Waals surface area contributed by atoms with E-state index in [1.54, 1.807) is 6.92 Å². The molecule has 0 radical (unpaired) electrons. The quantitative estimate of drug-likeness (QED) is 0.742. The van der Waals surface area contributed by atoms with E-state index in [1.807, 2.05) is 34.7 Å². The molecular formula is C12H29NO. The van der Waals surface area contributed by atoms with E-state index in [0.717, 1.165) is 19.3 Å². The van der Waals surface area contributed by atoms with E-state index in [9.17, 15) is 4.79 Å². The van der Waals surface area contributed by atoms with E-state index in [-0.39, 0.29) is 11.8 Å². The van der Waals surface area contributed by atoms with Crippen LogP contribution in [0.4, 0.5) is 0 Å². The molecule has 0 saturated carbocycles. The molecule has 0 aliphatic carbocycles. The van der Waals surface area contributed by atoms with Crippen molar-refractivity contribution in [2.75, 3.05) is 7.05 Å². The Morgan fingerprint density at radius 1 is 1.21 bits per heavy atom. The van der Waals surface area contributed by atoms with Crippen LogP contribution in [0, 0.1) is 0 Å². The zero-order chi connectivity index (χ0) is 12.0. The summed E-state index contributed by atoms with van der Waals surface area (Å²) in [7, 11) is 1.84. The lowest BCUT2D eigenvalue weighted by molar-refractivity contribution is -0.119. The number of unbranched alkanes of at least 4 members (excludes halogenated alkanes) is 1. The third-order valence-electron chi connectivity index (χ3n) is 1.69. The normalized spacial score (nSPS) is 10.2. The van der Waals surface area contributed by atoms with Crippen LogP contribution in [0.25, 0.3) is 0 Å². The Hall–Kier alpha value is -0.370. The fourth-order valence-electron chi connectivity index (χ4n) is 0.959. The predicted octanol–water partition coefficient (Wildman–Crippen LogP) is 3.41. The summed E-state index contributed by atoms with van der Waals surface area (Å²) >= 11 is 0. The van der Waals surface area contributed by atoms with Crippen molar-refractivity contribution in [3.05, 3.63) is 0 Å². The molecule has 0 aromatic rings. The van der Waals surface area contributed by atoms with Gasteiger partial charge in [0, 0.05) is 0 Å². The highest BCUT2D eigenvalue weighted by Crippen LogP contribution is 2.00. The molecule has 0 unspecified atom stereocenters. The van der Waals surface area contributed by atoms with Gasteiger partial charge in [-0.05, 0) is 20.4 Å². The van der Waals surface area contributed by atoms with Crippen molar-refractivity contribution in [2.45, 2.75) is 66.8 Å². The van der Waals surface area contributed by atoms with E-state index in [1.165, 1.54) is 0 Å². The maximum absolute atomic E-state index is 10.8. The summed E-state index contributed by atoms with van der Waals surface area (Å²) in [6.45, 7) is 11.8. The standard InChI is InChI=1S/C8H17NO.2C2H6/c1-4-5-6-8(9-3)7(2)10;2*1-2/h8-9H,4-6H2,1-3H3;2*1-2H3/t8-;;/m0../s1. The summed E-state index contributed by atoms with van der Waals surface area (Å²) in [5, 5.41) is 2.99. The molecule has 1 N–H and O–H groups in total. The minimum absolute atomic E-state index is 0.0833. The van der Waals surface area contributed by atoms with Crippen LogP contribution in [-0.4, -0.2) is 18.9 Å². The van der Waals surface area contributed by atoms with Crippen LogP contribution in [0.3, 0.4) is 0 Å². The topological polar surface area (TPSA) is 29.1 Å². The molecule has 0 aliphatic heterocycles. The number of likely N-dealkylation sites (N-methyl/N-ethyl adjacent to an activating group) is 1. The first-order valence-corrected chi connectivity index (χ1v) is 5.90. The maximum Gasteiger partial charge on any atom is 0.146 e. The number of Topliss-reactive ketones (excluding diaryl/α,β-unsaturated/α-hetero) is 1. The van der Waals surface area contributed by atoms with E-state index in [4.69, 9.17) is 0 Å². The van der Waals surface area contributed by atoms with E-state index in [2.05, 4.69) is 12.2 Å². The second-order valence-electron chi connectivity index (χ2n) is 2.59. The minimum atomic E-state index is 0.0833. The average molecular weight is 203 g/mol. The number of hydrogen-bond acceptors (Lipinski definition) is 2. The van der Waals surface area contributed by atoms with Crippen LogP contribution >= 0.6 is 0 Å². The highest BCUT2D eigenvalue weighted by molar-refractivity contribution is 5.81. The van der Waals surface area contributed by atoms with Crippen molar-refractivity contribution in [3.8, 4) is 0 Å². The molecule has 0 amide bonds. The van der Waals surface area contributed by atoms with E-state index < -0.39 is 0 Å². The Morgan fingerprint density at radius 3 is 1.86 bits per heavy atom. The van der Waals surface area contributed by atoms with Crippen LogP contribution in [0.15, 0.2) is 0 Å². The lowest BCUT2D eigenvalue weighted by atomic mass is 10.1. The molecule has 0 heterocycles. The summed E-state index contributed by atoms with van der Waals surface area (Å²) in [5.74, 6) is 0.246. The van der Waals surface area contributed by atoms with Gasteiger partial charge in [-0.2, -0.15) is 0 Å². The maximum atomic E-state index is 10.8.